The van der Waals surface area contributed by atoms with Gasteiger partial charge in [0.15, 0.2) is 0 Å². The maximum atomic E-state index is 14.7. The highest BCUT2D eigenvalue weighted by atomic mass is 35.5. The van der Waals surface area contributed by atoms with E-state index in [0.717, 1.165) is 34.4 Å². The first kappa shape index (κ1) is 30.6. The van der Waals surface area contributed by atoms with E-state index in [2.05, 4.69) is 10.6 Å². The van der Waals surface area contributed by atoms with Gasteiger partial charge in [-0.1, -0.05) is 11.6 Å². The van der Waals surface area contributed by atoms with Crippen LogP contribution in [0.25, 0.3) is 0 Å². The van der Waals surface area contributed by atoms with Crippen LogP contribution in [-0.4, -0.2) is 80.4 Å². The van der Waals surface area contributed by atoms with Crippen molar-refractivity contribution in [1.82, 2.24) is 10.2 Å². The summed E-state index contributed by atoms with van der Waals surface area (Å²) in [5, 5.41) is 4.24. The van der Waals surface area contributed by atoms with E-state index in [1.807, 2.05) is 0 Å². The highest BCUT2D eigenvalue weighted by Crippen LogP contribution is 2.27. The summed E-state index contributed by atoms with van der Waals surface area (Å²) in [5.74, 6) is -3.77. The number of amides is 3. The lowest BCUT2D eigenvalue weighted by atomic mass is 10.1. The number of ether oxygens (including phenoxy) is 1. The minimum Gasteiger partial charge on any atom is -0.370 e. The second kappa shape index (κ2) is 12.5. The molecule has 39 heavy (non-hydrogen) atoms. The van der Waals surface area contributed by atoms with E-state index in [1.54, 1.807) is 0 Å². The number of carbonyl (C=O) groups excluding carboxylic acids is 3. The lowest BCUT2D eigenvalue weighted by molar-refractivity contribution is -0.186. The predicted molar refractivity (Wildman–Crippen MR) is 127 cm³/mol. The van der Waals surface area contributed by atoms with E-state index >= 15 is 0 Å². The van der Waals surface area contributed by atoms with Crippen LogP contribution >= 0.6 is 22.9 Å². The molecule has 1 saturated heterocycles. The van der Waals surface area contributed by atoms with Crippen LogP contribution in [0.4, 0.5) is 42.1 Å². The molecule has 1 aliphatic heterocycles. The van der Waals surface area contributed by atoms with Crippen LogP contribution in [0.5, 0.6) is 0 Å². The fourth-order valence-corrected chi connectivity index (χ4v) is 4.60. The molecule has 214 valence electrons. The summed E-state index contributed by atoms with van der Waals surface area (Å²) in [4.78, 5) is 38.2. The van der Waals surface area contributed by atoms with Gasteiger partial charge in [0.1, 0.15) is 18.5 Å². The van der Waals surface area contributed by atoms with Gasteiger partial charge in [-0.05, 0) is 30.3 Å². The van der Waals surface area contributed by atoms with Crippen molar-refractivity contribution >= 4 is 52.0 Å². The zero-order chi connectivity index (χ0) is 29.0. The van der Waals surface area contributed by atoms with Crippen molar-refractivity contribution < 1.29 is 49.9 Å². The Hall–Kier alpha value is -2.95. The Labute approximate surface area is 225 Å². The smallest absolute Gasteiger partial charge is 0.370 e. The number of alkyl halides is 6. The largest absolute Gasteiger partial charge is 0.401 e. The summed E-state index contributed by atoms with van der Waals surface area (Å²) in [6.07, 6.45) is -10.3. The van der Waals surface area contributed by atoms with Crippen LogP contribution in [0.15, 0.2) is 30.3 Å². The molecule has 0 aliphatic carbocycles. The molecule has 0 bridgehead atoms. The number of nitrogens with one attached hydrogen (secondary N) is 2. The first-order valence-corrected chi connectivity index (χ1v) is 12.2. The van der Waals surface area contributed by atoms with E-state index in [4.69, 9.17) is 16.3 Å². The number of nitrogens with zero attached hydrogens (tertiary/aromatic N) is 2. The fraction of sp³-hybridized carbons (Fsp3) is 0.409. The quantitative estimate of drug-likeness (QED) is 0.422. The van der Waals surface area contributed by atoms with Gasteiger partial charge in [0, 0.05) is 18.8 Å². The third-order valence-corrected chi connectivity index (χ3v) is 6.48. The average Bonchev–Trinajstić information content (AvgIpc) is 3.24. The third-order valence-electron chi connectivity index (χ3n) is 5.25. The van der Waals surface area contributed by atoms with Gasteiger partial charge in [-0.2, -0.15) is 26.3 Å². The van der Waals surface area contributed by atoms with Crippen molar-refractivity contribution in [3.63, 3.8) is 0 Å². The van der Waals surface area contributed by atoms with Crippen molar-refractivity contribution in [3.8, 4) is 0 Å². The highest BCUT2D eigenvalue weighted by Gasteiger charge is 2.42. The number of hydrogen-bond donors (Lipinski definition) is 2. The van der Waals surface area contributed by atoms with E-state index in [9.17, 15) is 45.1 Å². The molecular weight excluding hydrogens is 585 g/mol. The molecule has 1 aromatic heterocycles. The van der Waals surface area contributed by atoms with Gasteiger partial charge in [0.25, 0.3) is 11.8 Å². The first-order chi connectivity index (χ1) is 18.1. The SMILES string of the molecule is O=C(NC[C@@H](C(=O)Nc1ccc(N2CCOCC2=O)c(F)c1)N(CC(F)(F)F)CC(F)(F)F)c1ccc(Cl)s1. The van der Waals surface area contributed by atoms with E-state index in [1.165, 1.54) is 12.1 Å². The molecule has 0 radical (unpaired) electrons. The summed E-state index contributed by atoms with van der Waals surface area (Å²) < 4.78 is 98.9. The lowest BCUT2D eigenvalue weighted by Crippen LogP contribution is -2.55. The number of benzene rings is 1. The third kappa shape index (κ3) is 9.05. The molecule has 3 rings (SSSR count). The Morgan fingerprint density at radius 1 is 1.10 bits per heavy atom. The summed E-state index contributed by atoms with van der Waals surface area (Å²) in [6, 6.07) is 3.47. The van der Waals surface area contributed by atoms with E-state index in [-0.39, 0.29) is 45.2 Å². The van der Waals surface area contributed by atoms with Crippen molar-refractivity contribution in [3.05, 3.63) is 45.4 Å². The van der Waals surface area contributed by atoms with Gasteiger partial charge >= 0.3 is 12.4 Å². The number of morpholine rings is 1. The predicted octanol–water partition coefficient (Wildman–Crippen LogP) is 4.07. The fourth-order valence-electron chi connectivity index (χ4n) is 3.64. The van der Waals surface area contributed by atoms with Gasteiger partial charge in [-0.3, -0.25) is 19.3 Å². The molecule has 1 aromatic carbocycles. The molecule has 0 spiro atoms. The van der Waals surface area contributed by atoms with Crippen LogP contribution in [-0.2, 0) is 14.3 Å². The number of carbonyl (C=O) groups is 3. The maximum absolute atomic E-state index is 14.7. The zero-order valence-corrected chi connectivity index (χ0v) is 21.2. The second-order valence-electron chi connectivity index (χ2n) is 8.22. The van der Waals surface area contributed by atoms with Crippen molar-refractivity contribution in [2.45, 2.75) is 18.4 Å². The molecule has 1 aliphatic rings. The normalized spacial score (nSPS) is 15.4. The lowest BCUT2D eigenvalue weighted by Gasteiger charge is -2.32. The van der Waals surface area contributed by atoms with Crippen molar-refractivity contribution in [2.24, 2.45) is 0 Å². The molecule has 0 unspecified atom stereocenters. The standard InChI is InChI=1S/C22H20ClF7N4O4S/c23-17-4-3-16(39-17)20(37)31-8-15(33(10-21(25,26)27)11-22(28,29)30)19(36)32-12-1-2-14(13(24)7-12)34-5-6-38-9-18(34)35/h1-4,7,15H,5-6,8-11H2,(H,31,37)(H,32,36)/t15-/m0/s1. The molecule has 17 heteroatoms. The Morgan fingerprint density at radius 2 is 1.77 bits per heavy atom. The number of rotatable bonds is 9. The Kier molecular flexibility index (Phi) is 9.79. The molecule has 2 aromatic rings. The summed E-state index contributed by atoms with van der Waals surface area (Å²) >= 11 is 6.55. The second-order valence-corrected chi connectivity index (χ2v) is 9.93. The van der Waals surface area contributed by atoms with Gasteiger partial charge in [-0.25, -0.2) is 4.39 Å². The minimum atomic E-state index is -5.13. The van der Waals surface area contributed by atoms with Gasteiger partial charge in [0.05, 0.1) is 34.6 Å². The van der Waals surface area contributed by atoms with Gasteiger partial charge < -0.3 is 20.3 Å². The molecule has 8 nitrogen and oxygen atoms in total. The Bertz CT molecular complexity index is 1190. The molecule has 2 heterocycles. The Morgan fingerprint density at radius 3 is 2.31 bits per heavy atom. The zero-order valence-electron chi connectivity index (χ0n) is 19.7. The molecular formula is C22H20ClF7N4O4S. The maximum Gasteiger partial charge on any atom is 0.401 e. The summed E-state index contributed by atoms with van der Waals surface area (Å²) in [5.41, 5.74) is -0.460. The van der Waals surface area contributed by atoms with E-state index < -0.39 is 61.6 Å². The molecule has 1 atom stereocenters. The van der Waals surface area contributed by atoms with Crippen LogP contribution in [0, 0.1) is 5.82 Å². The van der Waals surface area contributed by atoms with Gasteiger partial charge in [0.2, 0.25) is 5.91 Å². The summed E-state index contributed by atoms with van der Waals surface area (Å²) in [6.45, 7) is -5.30. The monoisotopic (exact) mass is 604 g/mol. The molecule has 2 N–H and O–H groups in total. The number of thiophene rings is 1. The minimum absolute atomic E-state index is 0.00710. The average molecular weight is 605 g/mol. The first-order valence-electron chi connectivity index (χ1n) is 11.0. The van der Waals surface area contributed by atoms with Crippen LogP contribution in [0.1, 0.15) is 9.67 Å². The van der Waals surface area contributed by atoms with Crippen molar-refractivity contribution in [2.75, 3.05) is 49.6 Å². The number of hydrogen-bond acceptors (Lipinski definition) is 6. The molecule has 3 amide bonds. The summed E-state index contributed by atoms with van der Waals surface area (Å²) in [7, 11) is 0. The number of anilines is 2. The molecule has 0 saturated carbocycles. The van der Waals surface area contributed by atoms with Crippen LogP contribution in [0.3, 0.4) is 0 Å². The Balaban J connectivity index is 1.84. The highest BCUT2D eigenvalue weighted by molar-refractivity contribution is 7.18. The van der Waals surface area contributed by atoms with Crippen LogP contribution in [0.2, 0.25) is 4.34 Å². The van der Waals surface area contributed by atoms with Crippen LogP contribution < -0.4 is 15.5 Å². The topological polar surface area (TPSA) is 91.0 Å². The van der Waals surface area contributed by atoms with Gasteiger partial charge in [-0.15, -0.1) is 11.3 Å². The number of halogens is 8. The van der Waals surface area contributed by atoms with E-state index in [0.29, 0.717) is 0 Å². The van der Waals surface area contributed by atoms with Crippen molar-refractivity contribution in [1.29, 1.82) is 0 Å². The molecule has 1 fully saturated rings.